The summed E-state index contributed by atoms with van der Waals surface area (Å²) in [4.78, 5) is 50.1. The highest BCUT2D eigenvalue weighted by atomic mass is 35.5. The van der Waals surface area contributed by atoms with E-state index in [1.54, 1.807) is 0 Å². The Kier molecular flexibility index (Phi) is 7.64. The topological polar surface area (TPSA) is 142 Å². The van der Waals surface area contributed by atoms with Gasteiger partial charge in [0.25, 0.3) is 0 Å². The largest absolute Gasteiger partial charge is 0.372 e. The number of fused-ring (bicyclic) bond motifs is 26. The fraction of sp³-hybridized carbons (Fsp3) is 0.455. The standard InChI is InChI=1S/C55H43Cl4N5O8/c1-67-54(68-2)50(56)34-35(51(54,57)39-38(50)60-28-12-5-6-13-29(28)61-39)43-49-45-37-36(52(58)40-41(53(37,59)55(52,69-3)70-4)63-31-15-8-7-14-30(31)62-40)44(72-45)48(49,42(34)71-43)46(65)64(47(49)66)22-26-19-18-25-17-16-23-10-9-11-24-20-21-27(26)33(25)32(23)24/h5-21,34-45H,22H2,1-4H3/t34?,35?,36?,37?,38?,39?,40?,41?,42-,43+,44+,45-,48?,49?,50+,51-,52-,53+. The summed E-state index contributed by atoms with van der Waals surface area (Å²) < 4.78 is 41.3. The Balaban J connectivity index is 0.918. The number of rotatable bonds is 6. The highest BCUT2D eigenvalue weighted by Crippen LogP contribution is 2.90. The predicted molar refractivity (Wildman–Crippen MR) is 262 cm³/mol. The zero-order valence-electron chi connectivity index (χ0n) is 39.0. The molecule has 13 nitrogen and oxygen atoms in total. The average Bonchev–Trinajstić information content (AvgIpc) is 4.28. The van der Waals surface area contributed by atoms with Gasteiger partial charge in [0.05, 0.1) is 76.6 Å². The molecular weight excluding hydrogens is 1000 g/mol. The number of imide groups is 1. The van der Waals surface area contributed by atoms with E-state index in [-0.39, 0.29) is 6.54 Å². The molecule has 0 spiro atoms. The van der Waals surface area contributed by atoms with Crippen LogP contribution < -0.4 is 21.4 Å². The zero-order chi connectivity index (χ0) is 48.8. The van der Waals surface area contributed by atoms with Gasteiger partial charge in [-0.3, -0.25) is 34.5 Å². The summed E-state index contributed by atoms with van der Waals surface area (Å²) in [5, 5.41) is 8.99. The molecule has 2 amide bonds. The van der Waals surface area contributed by atoms with Crippen molar-refractivity contribution in [3.05, 3.63) is 130 Å². The van der Waals surface area contributed by atoms with Gasteiger partial charge in [0, 0.05) is 52.1 Å². The molecule has 4 aliphatic carbocycles. The number of carbonyl (C=O) groups is 2. The molecule has 17 rings (SSSR count). The number of amides is 2. The van der Waals surface area contributed by atoms with Crippen molar-refractivity contribution in [3.63, 3.8) is 0 Å². The van der Waals surface area contributed by atoms with Gasteiger partial charge >= 0.3 is 0 Å². The van der Waals surface area contributed by atoms with E-state index in [1.807, 2.05) is 54.6 Å². The van der Waals surface area contributed by atoms with Crippen LogP contribution in [0.25, 0.3) is 32.3 Å². The molecule has 10 unspecified atom stereocenters. The highest BCUT2D eigenvalue weighted by molar-refractivity contribution is 6.34. The number of hydrogen-bond acceptors (Lipinski definition) is 12. The van der Waals surface area contributed by atoms with Crippen LogP contribution in [-0.2, 0) is 44.6 Å². The monoisotopic (exact) mass is 1040 g/mol. The Morgan fingerprint density at radius 3 is 1.19 bits per heavy atom. The van der Waals surface area contributed by atoms with Crippen LogP contribution in [0.5, 0.6) is 0 Å². The number of halogens is 4. The lowest BCUT2D eigenvalue weighted by Crippen LogP contribution is -2.74. The zero-order valence-corrected chi connectivity index (χ0v) is 42.0. The van der Waals surface area contributed by atoms with Crippen LogP contribution in [0.3, 0.4) is 0 Å². The van der Waals surface area contributed by atoms with Crippen LogP contribution in [0.4, 0.5) is 0 Å². The number of likely N-dealkylation sites (tertiary alicyclic amines) is 1. The predicted octanol–water partition coefficient (Wildman–Crippen LogP) is 4.78. The van der Waals surface area contributed by atoms with E-state index < -0.39 is 126 Å². The van der Waals surface area contributed by atoms with Gasteiger partial charge in [-0.25, -0.2) is 0 Å². The normalized spacial score (nSPS) is 45.6. The Hall–Kier alpha value is -4.38. The van der Waals surface area contributed by atoms with E-state index in [0.717, 1.165) is 37.9 Å². The van der Waals surface area contributed by atoms with Gasteiger partial charge in [-0.15, -0.1) is 46.4 Å². The van der Waals surface area contributed by atoms with Gasteiger partial charge in [0.1, 0.15) is 30.3 Å². The average molecular weight is 1040 g/mol. The molecule has 0 aromatic heterocycles. The number of benzene rings is 6. The molecule has 7 aliphatic heterocycles. The van der Waals surface area contributed by atoms with Gasteiger partial charge < -0.3 is 28.4 Å². The van der Waals surface area contributed by atoms with Crippen LogP contribution in [0.1, 0.15) is 5.56 Å². The van der Waals surface area contributed by atoms with Gasteiger partial charge in [0.2, 0.25) is 23.4 Å². The molecule has 5 saturated heterocycles. The highest BCUT2D eigenvalue weighted by Gasteiger charge is 3.07. The third-order valence-corrected chi connectivity index (χ3v) is 23.5. The fourth-order valence-corrected chi connectivity index (χ4v) is 21.8. The third kappa shape index (κ3) is 3.71. The second kappa shape index (κ2) is 12.8. The second-order valence-electron chi connectivity index (χ2n) is 22.0. The lowest BCUT2D eigenvalue weighted by molar-refractivity contribution is -0.236. The van der Waals surface area contributed by atoms with Crippen molar-refractivity contribution in [3.8, 4) is 0 Å². The molecule has 4 saturated carbocycles. The lowest BCUT2D eigenvalue weighted by Gasteiger charge is -2.57. The lowest BCUT2D eigenvalue weighted by atomic mass is 9.41. The summed E-state index contributed by atoms with van der Waals surface area (Å²) in [5.41, 5.74) is -2.65. The quantitative estimate of drug-likeness (QED) is 0.101. The van der Waals surface area contributed by atoms with E-state index >= 15 is 9.59 Å². The molecule has 9 fully saturated rings. The summed E-state index contributed by atoms with van der Waals surface area (Å²) in [6, 6.07) is 30.8. The van der Waals surface area contributed by atoms with E-state index in [1.165, 1.54) is 33.3 Å². The number of carbonyl (C=O) groups excluding carboxylic acids is 2. The van der Waals surface area contributed by atoms with Gasteiger partial charge in [0.15, 0.2) is 0 Å². The van der Waals surface area contributed by atoms with Crippen LogP contribution in [0.15, 0.2) is 123 Å². The maximum atomic E-state index is 16.9. The molecule has 6 aromatic rings. The fourth-order valence-electron chi connectivity index (χ4n) is 18.8. The van der Waals surface area contributed by atoms with Crippen LogP contribution in [0, 0.1) is 34.5 Å². The Labute approximate surface area is 430 Å². The van der Waals surface area contributed by atoms with Gasteiger partial charge in [-0.05, 0) is 62.1 Å². The van der Waals surface area contributed by atoms with E-state index in [2.05, 4.69) is 48.5 Å². The molecular formula is C55H43Cl4N5O8. The summed E-state index contributed by atoms with van der Waals surface area (Å²) in [6.45, 7) is -0.0223. The molecule has 0 radical (unpaired) electrons. The van der Waals surface area contributed by atoms with E-state index in [4.69, 9.17) is 94.8 Å². The van der Waals surface area contributed by atoms with Crippen LogP contribution >= 0.6 is 46.4 Å². The van der Waals surface area contributed by atoms with Crippen molar-refractivity contribution in [1.29, 1.82) is 0 Å². The smallest absolute Gasteiger partial charge is 0.242 e. The molecule has 72 heavy (non-hydrogen) atoms. The molecule has 8 bridgehead atoms. The van der Waals surface area contributed by atoms with Crippen LogP contribution in [0.2, 0.25) is 0 Å². The van der Waals surface area contributed by atoms with Crippen molar-refractivity contribution in [2.24, 2.45) is 54.5 Å². The summed E-state index contributed by atoms with van der Waals surface area (Å²) >= 11 is 33.7. The third-order valence-electron chi connectivity index (χ3n) is 20.6. The number of methoxy groups -OCH3 is 4. The molecule has 364 valence electrons. The number of alkyl halides is 4. The molecule has 11 aliphatic rings. The van der Waals surface area contributed by atoms with Gasteiger partial charge in [-0.2, -0.15) is 0 Å². The number of ether oxygens (including phenoxy) is 6. The molecule has 7 heterocycles. The first-order chi connectivity index (χ1) is 34.8. The second-order valence-corrected chi connectivity index (χ2v) is 24.5. The first-order valence-corrected chi connectivity index (χ1v) is 26.1. The minimum atomic E-state index is -1.73. The van der Waals surface area contributed by atoms with Crippen molar-refractivity contribution < 1.29 is 38.0 Å². The number of para-hydroxylation sites is 4. The van der Waals surface area contributed by atoms with E-state index in [0.29, 0.717) is 21.4 Å². The van der Waals surface area contributed by atoms with Crippen LogP contribution in [-0.4, -0.2) is 125 Å². The maximum absolute atomic E-state index is 16.9. The van der Waals surface area contributed by atoms with Crippen molar-refractivity contribution in [1.82, 2.24) is 4.90 Å². The summed E-state index contributed by atoms with van der Waals surface area (Å²) in [7, 11) is 6.13. The molecule has 18 atom stereocenters. The number of nitrogens with zero attached hydrogens (tertiary/aromatic N) is 5. The first-order valence-electron chi connectivity index (χ1n) is 24.6. The summed E-state index contributed by atoms with van der Waals surface area (Å²) in [6.07, 6.45) is -4.34. The minimum Gasteiger partial charge on any atom is -0.372 e. The minimum absolute atomic E-state index is 0.0223. The molecule has 0 N–H and O–H groups in total. The molecule has 6 aromatic carbocycles. The Morgan fingerprint density at radius 2 is 0.819 bits per heavy atom. The maximum Gasteiger partial charge on any atom is 0.242 e. The SMILES string of the molecule is COC1(OC)[C@@]2(Cl)C3N=c4ccccc4=NC3[C@]1(Cl)C1C2[C@H]2O[C@@H]1C13C(=O)N(Cc4ccc5ccc6cccc7ccc4c5c67)C(=O)C21[C@H]1O[C@@H]3C2C1[C@@]1(Cl)C3N=c4ccccc4=NC3[C@]2(Cl)C1(OC)OC. The summed E-state index contributed by atoms with van der Waals surface area (Å²) in [5.74, 6) is -7.48. The van der Waals surface area contributed by atoms with Crippen molar-refractivity contribution >= 4 is 90.5 Å². The first kappa shape index (κ1) is 42.9. The van der Waals surface area contributed by atoms with Crippen molar-refractivity contribution in [2.45, 2.75) is 86.2 Å². The van der Waals surface area contributed by atoms with Gasteiger partial charge in [-0.1, -0.05) is 78.9 Å². The number of hydrogen-bond donors (Lipinski definition) is 0. The van der Waals surface area contributed by atoms with Crippen molar-refractivity contribution in [2.75, 3.05) is 28.4 Å². The Morgan fingerprint density at radius 1 is 0.472 bits per heavy atom. The molecule has 17 heteroatoms. The van der Waals surface area contributed by atoms with E-state index in [9.17, 15) is 0 Å². The Bertz CT molecular complexity index is 3520.